The molecule has 3 rings (SSSR count). The largest absolute Gasteiger partial charge is 0.410 e. The van der Waals surface area contributed by atoms with Crippen molar-refractivity contribution in [2.75, 3.05) is 5.75 Å². The van der Waals surface area contributed by atoms with Crippen molar-refractivity contribution in [2.24, 2.45) is 0 Å². The van der Waals surface area contributed by atoms with Crippen LogP contribution in [0, 0.1) is 0 Å². The minimum Gasteiger partial charge on any atom is -0.410 e. The van der Waals surface area contributed by atoms with Crippen molar-refractivity contribution in [3.8, 4) is 10.8 Å². The van der Waals surface area contributed by atoms with E-state index in [0.717, 1.165) is 10.4 Å². The van der Waals surface area contributed by atoms with Gasteiger partial charge in [0.05, 0.1) is 16.7 Å². The average Bonchev–Trinajstić information content (AvgIpc) is 3.25. The van der Waals surface area contributed by atoms with Gasteiger partial charge in [-0.3, -0.25) is 4.79 Å². The minimum absolute atomic E-state index is 0.0336. The standard InChI is InChI=1S/C16H15N3O2S2/c1-11(12-6-3-2-4-7-12)17-14(20)10-23-16-19-18-15(21-16)13-8-5-9-22-13/h2-9,11H,10H2,1H3,(H,17,20)/t11-/m1/s1. The first-order valence-corrected chi connectivity index (χ1v) is 8.93. The van der Waals surface area contributed by atoms with E-state index in [1.807, 2.05) is 54.8 Å². The van der Waals surface area contributed by atoms with E-state index in [-0.39, 0.29) is 17.7 Å². The second-order valence-electron chi connectivity index (χ2n) is 4.84. The molecule has 1 atom stereocenters. The quantitative estimate of drug-likeness (QED) is 0.689. The summed E-state index contributed by atoms with van der Waals surface area (Å²) in [4.78, 5) is 12.9. The van der Waals surface area contributed by atoms with E-state index in [1.54, 1.807) is 0 Å². The molecule has 2 heterocycles. The molecule has 0 saturated carbocycles. The number of aromatic nitrogens is 2. The normalized spacial score (nSPS) is 12.0. The van der Waals surface area contributed by atoms with Crippen LogP contribution in [0.3, 0.4) is 0 Å². The van der Waals surface area contributed by atoms with Crippen LogP contribution in [0.2, 0.25) is 0 Å². The van der Waals surface area contributed by atoms with Gasteiger partial charge in [-0.15, -0.1) is 21.5 Å². The summed E-state index contributed by atoms with van der Waals surface area (Å²) in [5, 5.41) is 13.2. The van der Waals surface area contributed by atoms with Gasteiger partial charge < -0.3 is 9.73 Å². The Hall–Kier alpha value is -2.12. The van der Waals surface area contributed by atoms with Gasteiger partial charge in [0, 0.05) is 0 Å². The highest BCUT2D eigenvalue weighted by atomic mass is 32.2. The Labute approximate surface area is 142 Å². The average molecular weight is 345 g/mol. The minimum atomic E-state index is -0.0674. The van der Waals surface area contributed by atoms with Crippen LogP contribution >= 0.6 is 23.1 Å². The van der Waals surface area contributed by atoms with Crippen molar-refractivity contribution in [2.45, 2.75) is 18.2 Å². The van der Waals surface area contributed by atoms with Gasteiger partial charge in [-0.25, -0.2) is 0 Å². The van der Waals surface area contributed by atoms with Crippen molar-refractivity contribution in [1.29, 1.82) is 0 Å². The highest BCUT2D eigenvalue weighted by Crippen LogP contribution is 2.26. The van der Waals surface area contributed by atoms with E-state index >= 15 is 0 Å². The molecule has 7 heteroatoms. The Bertz CT molecular complexity index is 757. The maximum atomic E-state index is 12.0. The molecule has 0 fully saturated rings. The number of thioether (sulfide) groups is 1. The monoisotopic (exact) mass is 345 g/mol. The van der Waals surface area contributed by atoms with Crippen molar-refractivity contribution < 1.29 is 9.21 Å². The molecule has 0 radical (unpaired) electrons. The molecule has 5 nitrogen and oxygen atoms in total. The zero-order valence-corrected chi connectivity index (χ0v) is 14.1. The predicted molar refractivity (Wildman–Crippen MR) is 91.3 cm³/mol. The fraction of sp³-hybridized carbons (Fsp3) is 0.188. The molecule has 1 N–H and O–H groups in total. The third-order valence-corrected chi connectivity index (χ3v) is 4.82. The van der Waals surface area contributed by atoms with Crippen LogP contribution < -0.4 is 5.32 Å². The summed E-state index contributed by atoms with van der Waals surface area (Å²) in [5.74, 6) is 0.659. The number of hydrogen-bond acceptors (Lipinski definition) is 6. The molecule has 1 amide bonds. The number of carbonyl (C=O) groups is 1. The lowest BCUT2D eigenvalue weighted by molar-refractivity contribution is -0.119. The second kappa shape index (κ2) is 7.43. The lowest BCUT2D eigenvalue weighted by Gasteiger charge is -2.13. The molecule has 3 aromatic rings. The highest BCUT2D eigenvalue weighted by molar-refractivity contribution is 7.99. The molecular weight excluding hydrogens is 330 g/mol. The number of amides is 1. The molecule has 0 aliphatic rings. The second-order valence-corrected chi connectivity index (χ2v) is 6.71. The van der Waals surface area contributed by atoms with Gasteiger partial charge in [0.1, 0.15) is 0 Å². The summed E-state index contributed by atoms with van der Waals surface area (Å²) in [5.41, 5.74) is 1.07. The molecule has 0 aliphatic carbocycles. The molecule has 1 aromatic carbocycles. The fourth-order valence-corrected chi connectivity index (χ4v) is 3.22. The first-order valence-electron chi connectivity index (χ1n) is 7.07. The lowest BCUT2D eigenvalue weighted by atomic mass is 10.1. The van der Waals surface area contributed by atoms with Crippen molar-refractivity contribution >= 4 is 29.0 Å². The molecule has 118 valence electrons. The van der Waals surface area contributed by atoms with E-state index in [9.17, 15) is 4.79 Å². The topological polar surface area (TPSA) is 68.0 Å². The Morgan fingerprint density at radius 3 is 2.83 bits per heavy atom. The summed E-state index contributed by atoms with van der Waals surface area (Å²) < 4.78 is 5.54. The number of nitrogens with zero attached hydrogens (tertiary/aromatic N) is 2. The highest BCUT2D eigenvalue weighted by Gasteiger charge is 2.13. The summed E-state index contributed by atoms with van der Waals surface area (Å²) in [7, 11) is 0. The van der Waals surface area contributed by atoms with E-state index in [2.05, 4.69) is 15.5 Å². The van der Waals surface area contributed by atoms with Crippen molar-refractivity contribution in [1.82, 2.24) is 15.5 Å². The number of rotatable bonds is 6. The number of carbonyl (C=O) groups excluding carboxylic acids is 1. The fourth-order valence-electron chi connectivity index (χ4n) is 2.00. The van der Waals surface area contributed by atoms with Crippen LogP contribution in [-0.4, -0.2) is 21.9 Å². The lowest BCUT2D eigenvalue weighted by Crippen LogP contribution is -2.28. The maximum absolute atomic E-state index is 12.0. The van der Waals surface area contributed by atoms with Gasteiger partial charge >= 0.3 is 0 Å². The van der Waals surface area contributed by atoms with Gasteiger partial charge in [-0.2, -0.15) is 0 Å². The third kappa shape index (κ3) is 4.20. The van der Waals surface area contributed by atoms with E-state index < -0.39 is 0 Å². The van der Waals surface area contributed by atoms with Crippen LogP contribution in [0.25, 0.3) is 10.8 Å². The molecule has 0 aliphatic heterocycles. The molecule has 0 unspecified atom stereocenters. The first kappa shape index (κ1) is 15.8. The maximum Gasteiger partial charge on any atom is 0.277 e. The molecule has 0 saturated heterocycles. The van der Waals surface area contributed by atoms with Crippen LogP contribution in [0.1, 0.15) is 18.5 Å². The van der Waals surface area contributed by atoms with E-state index in [0.29, 0.717) is 11.1 Å². The zero-order chi connectivity index (χ0) is 16.1. The Balaban J connectivity index is 1.51. The van der Waals surface area contributed by atoms with Crippen LogP contribution in [0.5, 0.6) is 0 Å². The summed E-state index contributed by atoms with van der Waals surface area (Å²) in [6.07, 6.45) is 0. The SMILES string of the molecule is C[C@@H](NC(=O)CSc1nnc(-c2cccs2)o1)c1ccccc1. The van der Waals surface area contributed by atoms with Crippen LogP contribution in [0.4, 0.5) is 0 Å². The molecular formula is C16H15N3O2S2. The zero-order valence-electron chi connectivity index (χ0n) is 12.4. The van der Waals surface area contributed by atoms with E-state index in [1.165, 1.54) is 23.1 Å². The van der Waals surface area contributed by atoms with Crippen LogP contribution in [-0.2, 0) is 4.79 Å². The van der Waals surface area contributed by atoms with Crippen LogP contribution in [0.15, 0.2) is 57.5 Å². The number of benzene rings is 1. The van der Waals surface area contributed by atoms with Crippen molar-refractivity contribution in [3.63, 3.8) is 0 Å². The smallest absolute Gasteiger partial charge is 0.277 e. The molecule has 2 aromatic heterocycles. The van der Waals surface area contributed by atoms with Gasteiger partial charge in [-0.05, 0) is 23.9 Å². The van der Waals surface area contributed by atoms with Gasteiger partial charge in [0.2, 0.25) is 5.91 Å². The van der Waals surface area contributed by atoms with Gasteiger partial charge in [0.25, 0.3) is 11.1 Å². The number of hydrogen-bond donors (Lipinski definition) is 1. The molecule has 23 heavy (non-hydrogen) atoms. The summed E-state index contributed by atoms with van der Waals surface area (Å²) in [6, 6.07) is 13.7. The first-order chi connectivity index (χ1) is 11.2. The Kier molecular flexibility index (Phi) is 5.09. The summed E-state index contributed by atoms with van der Waals surface area (Å²) in [6.45, 7) is 1.96. The Morgan fingerprint density at radius 2 is 2.09 bits per heavy atom. The van der Waals surface area contributed by atoms with Gasteiger partial charge in [0.15, 0.2) is 0 Å². The molecule has 0 bridgehead atoms. The predicted octanol–water partition coefficient (Wildman–Crippen LogP) is 3.77. The van der Waals surface area contributed by atoms with E-state index in [4.69, 9.17) is 4.42 Å². The third-order valence-electron chi connectivity index (χ3n) is 3.14. The Morgan fingerprint density at radius 1 is 1.26 bits per heavy atom. The molecule has 0 spiro atoms. The summed E-state index contributed by atoms with van der Waals surface area (Å²) >= 11 is 2.77. The van der Waals surface area contributed by atoms with Gasteiger partial charge in [-0.1, -0.05) is 48.2 Å². The number of thiophene rings is 1. The number of nitrogens with one attached hydrogen (secondary N) is 1. The van der Waals surface area contributed by atoms with Crippen molar-refractivity contribution in [3.05, 3.63) is 53.4 Å².